The van der Waals surface area contributed by atoms with Crippen LogP contribution in [-0.2, 0) is 12.8 Å². The summed E-state index contributed by atoms with van der Waals surface area (Å²) in [5, 5.41) is 14.0. The van der Waals surface area contributed by atoms with E-state index in [1.165, 1.54) is 0 Å². The first-order valence-electron chi connectivity index (χ1n) is 11.4. The molecule has 1 aliphatic rings. The lowest BCUT2D eigenvalue weighted by atomic mass is 9.95. The maximum atomic E-state index is 13.7. The normalized spacial score (nSPS) is 15.3. The van der Waals surface area contributed by atoms with Gasteiger partial charge in [0.25, 0.3) is 5.92 Å². The highest BCUT2D eigenvalue weighted by Crippen LogP contribution is 2.38. The number of rotatable bonds is 8. The molecule has 3 N–H and O–H groups in total. The van der Waals surface area contributed by atoms with Gasteiger partial charge in [-0.15, -0.1) is 0 Å². The van der Waals surface area contributed by atoms with Crippen molar-refractivity contribution < 1.29 is 18.7 Å². The molecule has 0 spiro atoms. The Kier molecular flexibility index (Phi) is 6.54. The van der Waals surface area contributed by atoms with Gasteiger partial charge >= 0.3 is 5.97 Å². The number of nitrogen functional groups attached to an aromatic ring is 1. The second kappa shape index (κ2) is 9.40. The van der Waals surface area contributed by atoms with Gasteiger partial charge in [0.15, 0.2) is 5.82 Å². The highest BCUT2D eigenvalue weighted by atomic mass is 19.3. The molecule has 1 fully saturated rings. The zero-order valence-electron chi connectivity index (χ0n) is 19.3. The molecule has 0 radical (unpaired) electrons. The molecule has 0 atom stereocenters. The Morgan fingerprint density at radius 2 is 1.97 bits per heavy atom. The molecule has 0 amide bonds. The van der Waals surface area contributed by atoms with Gasteiger partial charge in [0, 0.05) is 37.0 Å². The van der Waals surface area contributed by atoms with E-state index in [4.69, 9.17) is 5.73 Å². The molecule has 9 heteroatoms. The van der Waals surface area contributed by atoms with Gasteiger partial charge in [0.2, 0.25) is 0 Å². The number of carboxylic acids is 1. The minimum Gasteiger partial charge on any atom is -0.478 e. The van der Waals surface area contributed by atoms with Gasteiger partial charge in [-0.2, -0.15) is 5.10 Å². The van der Waals surface area contributed by atoms with Crippen LogP contribution < -0.4 is 10.6 Å². The molecule has 0 unspecified atom stereocenters. The summed E-state index contributed by atoms with van der Waals surface area (Å²) in [6.45, 7) is 3.74. The first-order chi connectivity index (χ1) is 16.2. The van der Waals surface area contributed by atoms with E-state index in [2.05, 4.69) is 10.1 Å². The largest absolute Gasteiger partial charge is 0.478 e. The minimum absolute atomic E-state index is 0.0759. The Hall–Kier alpha value is -3.49. The van der Waals surface area contributed by atoms with Crippen LogP contribution in [0.1, 0.15) is 54.3 Å². The van der Waals surface area contributed by atoms with Crippen molar-refractivity contribution in [2.24, 2.45) is 0 Å². The monoisotopic (exact) mass is 469 g/mol. The number of benzene rings is 1. The highest BCUT2D eigenvalue weighted by molar-refractivity contribution is 5.88. The lowest BCUT2D eigenvalue weighted by molar-refractivity contribution is 0.0256. The van der Waals surface area contributed by atoms with E-state index in [9.17, 15) is 18.7 Å². The van der Waals surface area contributed by atoms with Crippen LogP contribution in [-0.4, -0.2) is 44.9 Å². The molecule has 34 heavy (non-hydrogen) atoms. The fraction of sp³-hybridized carbons (Fsp3) is 0.400. The van der Waals surface area contributed by atoms with Crippen molar-refractivity contribution in [3.8, 4) is 11.1 Å². The van der Waals surface area contributed by atoms with Crippen LogP contribution in [0.4, 0.5) is 20.3 Å². The topological polar surface area (TPSA) is 97.3 Å². The average Bonchev–Trinajstić information content (AvgIpc) is 3.38. The number of halogens is 2. The predicted molar refractivity (Wildman–Crippen MR) is 127 cm³/mol. The molecule has 4 rings (SSSR count). The number of carbonyl (C=O) groups is 1. The first-order valence-corrected chi connectivity index (χ1v) is 11.4. The van der Waals surface area contributed by atoms with Crippen LogP contribution >= 0.6 is 0 Å². The van der Waals surface area contributed by atoms with Crippen LogP contribution in [0, 0.1) is 0 Å². The number of nitrogens with zero attached hydrogens (tertiary/aromatic N) is 4. The van der Waals surface area contributed by atoms with Crippen LogP contribution in [0.15, 0.2) is 42.7 Å². The molecule has 180 valence electrons. The Labute approximate surface area is 197 Å². The highest BCUT2D eigenvalue weighted by Gasteiger charge is 2.39. The third kappa shape index (κ3) is 4.88. The third-order valence-corrected chi connectivity index (χ3v) is 6.17. The molecular weight excluding hydrogens is 440 g/mol. The quantitative estimate of drug-likeness (QED) is 0.491. The molecule has 0 bridgehead atoms. The Morgan fingerprint density at radius 3 is 2.65 bits per heavy atom. The summed E-state index contributed by atoms with van der Waals surface area (Å²) in [6, 6.07) is 9.69. The van der Waals surface area contributed by atoms with Crippen molar-refractivity contribution >= 4 is 17.5 Å². The lowest BCUT2D eigenvalue weighted by Gasteiger charge is -2.21. The number of aromatic carboxylic acids is 1. The van der Waals surface area contributed by atoms with Gasteiger partial charge in [-0.3, -0.25) is 4.68 Å². The molecular formula is C25H29F2N5O2. The van der Waals surface area contributed by atoms with Gasteiger partial charge in [-0.05, 0) is 50.3 Å². The van der Waals surface area contributed by atoms with Crippen molar-refractivity contribution in [3.05, 3.63) is 59.5 Å². The molecule has 7 nitrogen and oxygen atoms in total. The van der Waals surface area contributed by atoms with Crippen molar-refractivity contribution in [3.63, 3.8) is 0 Å². The predicted octanol–water partition coefficient (Wildman–Crippen LogP) is 4.83. The van der Waals surface area contributed by atoms with E-state index in [-0.39, 0.29) is 31.1 Å². The van der Waals surface area contributed by atoms with Crippen molar-refractivity contribution in [1.29, 1.82) is 0 Å². The molecule has 3 aromatic rings. The summed E-state index contributed by atoms with van der Waals surface area (Å²) in [5.41, 5.74) is 10.3. The number of alkyl halides is 2. The second-order valence-corrected chi connectivity index (χ2v) is 9.00. The Morgan fingerprint density at radius 1 is 1.21 bits per heavy atom. The van der Waals surface area contributed by atoms with Gasteiger partial charge in [-0.25, -0.2) is 18.6 Å². The standard InChI is InChI=1S/C25H29F2N5O2/c1-16(2)32-14-20(24(33)34)21(30-32)9-5-7-17-6-3-4-8-18(17)19-10-12-29-23(22(19)28)31-13-11-25(26,27)15-31/h3-4,6,8,10,12,14,16H,5,7,9,11,13,15,28H2,1-2H3,(H,33,34). The zero-order chi connectivity index (χ0) is 24.5. The van der Waals surface area contributed by atoms with E-state index in [0.717, 1.165) is 16.7 Å². The number of hydrogen-bond acceptors (Lipinski definition) is 5. The maximum Gasteiger partial charge on any atom is 0.339 e. The number of aryl methyl sites for hydroxylation is 2. The summed E-state index contributed by atoms with van der Waals surface area (Å²) in [5.74, 6) is -3.33. The second-order valence-electron chi connectivity index (χ2n) is 9.00. The maximum absolute atomic E-state index is 13.7. The summed E-state index contributed by atoms with van der Waals surface area (Å²) in [7, 11) is 0. The van der Waals surface area contributed by atoms with E-state index >= 15 is 0 Å². The lowest BCUT2D eigenvalue weighted by Crippen LogP contribution is -2.26. The Bertz CT molecular complexity index is 1190. The van der Waals surface area contributed by atoms with Crippen LogP contribution in [0.25, 0.3) is 11.1 Å². The summed E-state index contributed by atoms with van der Waals surface area (Å²) >= 11 is 0. The molecule has 0 saturated carbocycles. The third-order valence-electron chi connectivity index (χ3n) is 6.17. The zero-order valence-corrected chi connectivity index (χ0v) is 19.3. The minimum atomic E-state index is -2.74. The van der Waals surface area contributed by atoms with E-state index in [0.29, 0.717) is 36.5 Å². The van der Waals surface area contributed by atoms with Crippen molar-refractivity contribution in [1.82, 2.24) is 14.8 Å². The number of anilines is 2. The summed E-state index contributed by atoms with van der Waals surface area (Å²) in [4.78, 5) is 17.5. The number of hydrogen-bond donors (Lipinski definition) is 2. The SMILES string of the molecule is CC(C)n1cc(C(=O)O)c(CCCc2ccccc2-c2ccnc(N3CCC(F)(F)C3)c2N)n1. The number of carboxylic acid groups (broad SMARTS) is 1. The molecule has 1 aliphatic heterocycles. The van der Waals surface area contributed by atoms with Gasteiger partial charge in [0.1, 0.15) is 5.56 Å². The average molecular weight is 470 g/mol. The molecule has 1 saturated heterocycles. The number of nitrogens with two attached hydrogens (primary N) is 1. The fourth-order valence-electron chi connectivity index (χ4n) is 4.37. The molecule has 0 aliphatic carbocycles. The Balaban J connectivity index is 1.55. The van der Waals surface area contributed by atoms with Gasteiger partial charge in [0.05, 0.1) is 17.9 Å². The van der Waals surface area contributed by atoms with Crippen LogP contribution in [0.3, 0.4) is 0 Å². The summed E-state index contributed by atoms with van der Waals surface area (Å²) in [6.07, 6.45) is 4.88. The number of pyridine rings is 1. The first kappa shape index (κ1) is 23.7. The van der Waals surface area contributed by atoms with Crippen LogP contribution in [0.2, 0.25) is 0 Å². The van der Waals surface area contributed by atoms with Crippen molar-refractivity contribution in [2.75, 3.05) is 23.7 Å². The van der Waals surface area contributed by atoms with E-state index < -0.39 is 11.9 Å². The van der Waals surface area contributed by atoms with E-state index in [1.807, 2.05) is 38.1 Å². The molecule has 1 aromatic carbocycles. The van der Waals surface area contributed by atoms with Crippen molar-refractivity contribution in [2.45, 2.75) is 51.5 Å². The van der Waals surface area contributed by atoms with E-state index in [1.54, 1.807) is 28.0 Å². The molecule has 3 heterocycles. The summed E-state index contributed by atoms with van der Waals surface area (Å²) < 4.78 is 29.2. The van der Waals surface area contributed by atoms with Gasteiger partial charge in [-0.1, -0.05) is 24.3 Å². The fourth-order valence-corrected chi connectivity index (χ4v) is 4.37. The molecule has 2 aromatic heterocycles. The number of aromatic nitrogens is 3. The van der Waals surface area contributed by atoms with Crippen LogP contribution in [0.5, 0.6) is 0 Å². The smallest absolute Gasteiger partial charge is 0.339 e. The van der Waals surface area contributed by atoms with Gasteiger partial charge < -0.3 is 15.7 Å².